The van der Waals surface area contributed by atoms with E-state index in [1.54, 1.807) is 14.0 Å². The molecule has 1 aromatic rings. The molecule has 3 rings (SSSR count). The number of nitrogens with one attached hydrogen (secondary N) is 1. The van der Waals surface area contributed by atoms with E-state index in [0.29, 0.717) is 31.8 Å². The second-order valence-electron chi connectivity index (χ2n) is 6.89. The maximum absolute atomic E-state index is 12.7. The molecule has 1 saturated carbocycles. The van der Waals surface area contributed by atoms with Crippen LogP contribution in [0.3, 0.4) is 0 Å². The molecule has 1 aromatic heterocycles. The van der Waals surface area contributed by atoms with Crippen LogP contribution >= 0.6 is 0 Å². The van der Waals surface area contributed by atoms with Crippen LogP contribution in [0.5, 0.6) is 0 Å². The predicted octanol–water partition coefficient (Wildman–Crippen LogP) is 0.953. The smallest absolute Gasteiger partial charge is 0.343 e. The highest BCUT2D eigenvalue weighted by Gasteiger charge is 2.33. The third-order valence-electron chi connectivity index (χ3n) is 5.21. The third kappa shape index (κ3) is 4.29. The second kappa shape index (κ2) is 8.51. The van der Waals surface area contributed by atoms with Gasteiger partial charge in [0.2, 0.25) is 11.8 Å². The van der Waals surface area contributed by atoms with E-state index in [-0.39, 0.29) is 42.6 Å². The maximum Gasteiger partial charge on any atom is 0.343 e. The normalized spacial score (nSPS) is 23.2. The zero-order chi connectivity index (χ0) is 19.4. The van der Waals surface area contributed by atoms with Crippen LogP contribution in [0.1, 0.15) is 43.0 Å². The van der Waals surface area contributed by atoms with Crippen LogP contribution < -0.4 is 5.32 Å². The van der Waals surface area contributed by atoms with Crippen molar-refractivity contribution in [2.24, 2.45) is 13.0 Å². The lowest BCUT2D eigenvalue weighted by atomic mass is 9.84. The van der Waals surface area contributed by atoms with Crippen LogP contribution in [0.4, 0.5) is 5.82 Å². The van der Waals surface area contributed by atoms with Gasteiger partial charge in [-0.3, -0.25) is 14.3 Å². The molecule has 9 heteroatoms. The van der Waals surface area contributed by atoms with E-state index in [1.165, 1.54) is 10.9 Å². The predicted molar refractivity (Wildman–Crippen MR) is 96.1 cm³/mol. The second-order valence-corrected chi connectivity index (χ2v) is 6.89. The molecule has 9 nitrogen and oxygen atoms in total. The molecule has 2 heterocycles. The Labute approximate surface area is 158 Å². The van der Waals surface area contributed by atoms with Crippen LogP contribution in [-0.2, 0) is 26.1 Å². The summed E-state index contributed by atoms with van der Waals surface area (Å²) < 4.78 is 11.6. The molecule has 0 atom stereocenters. The number of aryl methyl sites for hydroxylation is 1. The maximum atomic E-state index is 12.7. The zero-order valence-electron chi connectivity index (χ0n) is 15.8. The highest BCUT2D eigenvalue weighted by atomic mass is 16.5. The van der Waals surface area contributed by atoms with Gasteiger partial charge in [-0.05, 0) is 32.6 Å². The van der Waals surface area contributed by atoms with Crippen LogP contribution in [0, 0.1) is 5.92 Å². The van der Waals surface area contributed by atoms with Crippen molar-refractivity contribution in [1.82, 2.24) is 14.7 Å². The van der Waals surface area contributed by atoms with E-state index in [9.17, 15) is 14.4 Å². The number of carbonyl (C=O) groups excluding carboxylic acids is 3. The van der Waals surface area contributed by atoms with Gasteiger partial charge in [-0.1, -0.05) is 0 Å². The molecular formula is C18H26N4O5. The fourth-order valence-corrected chi connectivity index (χ4v) is 3.73. The Balaban J connectivity index is 1.58. The third-order valence-corrected chi connectivity index (χ3v) is 5.21. The number of rotatable bonds is 5. The van der Waals surface area contributed by atoms with Gasteiger partial charge in [0.1, 0.15) is 18.0 Å². The van der Waals surface area contributed by atoms with Crippen molar-refractivity contribution in [2.75, 3.05) is 31.7 Å². The summed E-state index contributed by atoms with van der Waals surface area (Å²) in [6.45, 7) is 3.33. The molecule has 1 N–H and O–H groups in total. The largest absolute Gasteiger partial charge is 0.462 e. The van der Waals surface area contributed by atoms with Crippen LogP contribution in [0.15, 0.2) is 6.20 Å². The SMILES string of the molecule is CCOC(=O)c1cnn(C)c1NC(=O)C1CCC(N2CCOCC2=O)CC1. The van der Waals surface area contributed by atoms with Gasteiger partial charge in [-0.25, -0.2) is 4.79 Å². The standard InChI is InChI=1S/C18H26N4O5/c1-3-27-18(25)14-10-19-21(2)16(14)20-17(24)12-4-6-13(7-5-12)22-8-9-26-11-15(22)23/h10,12-13H,3-9,11H2,1-2H3,(H,20,24). The number of amides is 2. The molecule has 2 fully saturated rings. The van der Waals surface area contributed by atoms with Gasteiger partial charge in [-0.2, -0.15) is 5.10 Å². The minimum absolute atomic E-state index is 0.0307. The first-order valence-electron chi connectivity index (χ1n) is 9.38. The molecule has 0 bridgehead atoms. The Morgan fingerprint density at radius 2 is 2.07 bits per heavy atom. The highest BCUT2D eigenvalue weighted by molar-refractivity contribution is 6.00. The summed E-state index contributed by atoms with van der Waals surface area (Å²) >= 11 is 0. The molecule has 1 aliphatic carbocycles. The number of hydrogen-bond acceptors (Lipinski definition) is 6. The average molecular weight is 378 g/mol. The van der Waals surface area contributed by atoms with E-state index < -0.39 is 5.97 Å². The van der Waals surface area contributed by atoms with Gasteiger partial charge in [-0.15, -0.1) is 0 Å². The topological polar surface area (TPSA) is 103 Å². The molecule has 27 heavy (non-hydrogen) atoms. The van der Waals surface area contributed by atoms with Crippen molar-refractivity contribution in [3.05, 3.63) is 11.8 Å². The van der Waals surface area contributed by atoms with Gasteiger partial charge in [0.15, 0.2) is 0 Å². The minimum atomic E-state index is -0.504. The van der Waals surface area contributed by atoms with E-state index in [2.05, 4.69) is 10.4 Å². The van der Waals surface area contributed by atoms with Gasteiger partial charge < -0.3 is 19.7 Å². The Morgan fingerprint density at radius 3 is 2.74 bits per heavy atom. The molecular weight excluding hydrogens is 352 g/mol. The average Bonchev–Trinajstić information content (AvgIpc) is 3.03. The van der Waals surface area contributed by atoms with Crippen LogP contribution in [0.25, 0.3) is 0 Å². The van der Waals surface area contributed by atoms with Crippen molar-refractivity contribution in [1.29, 1.82) is 0 Å². The van der Waals surface area contributed by atoms with E-state index in [0.717, 1.165) is 12.8 Å². The zero-order valence-corrected chi connectivity index (χ0v) is 15.8. The first-order chi connectivity index (χ1) is 13.0. The lowest BCUT2D eigenvalue weighted by molar-refractivity contribution is -0.146. The Hall–Kier alpha value is -2.42. The number of aromatic nitrogens is 2. The van der Waals surface area contributed by atoms with Gasteiger partial charge in [0.25, 0.3) is 0 Å². The number of anilines is 1. The molecule has 148 valence electrons. The van der Waals surface area contributed by atoms with Crippen LogP contribution in [-0.4, -0.2) is 64.9 Å². The van der Waals surface area contributed by atoms with E-state index in [1.807, 2.05) is 4.90 Å². The summed E-state index contributed by atoms with van der Waals surface area (Å²) in [5.74, 6) is -0.402. The van der Waals surface area contributed by atoms with Crippen LogP contribution in [0.2, 0.25) is 0 Å². The summed E-state index contributed by atoms with van der Waals surface area (Å²) in [5, 5.41) is 6.88. The molecule has 0 aromatic carbocycles. The van der Waals surface area contributed by atoms with E-state index >= 15 is 0 Å². The fourth-order valence-electron chi connectivity index (χ4n) is 3.73. The monoisotopic (exact) mass is 378 g/mol. The Bertz CT molecular complexity index is 709. The van der Waals surface area contributed by atoms with Gasteiger partial charge in [0, 0.05) is 25.6 Å². The number of nitrogens with zero attached hydrogens (tertiary/aromatic N) is 3. The summed E-state index contributed by atoms with van der Waals surface area (Å²) in [5.41, 5.74) is 0.250. The van der Waals surface area contributed by atoms with Crippen molar-refractivity contribution in [3.63, 3.8) is 0 Å². The summed E-state index contributed by atoms with van der Waals surface area (Å²) in [6, 6.07) is 0.178. The first-order valence-corrected chi connectivity index (χ1v) is 9.38. The molecule has 0 unspecified atom stereocenters. The molecule has 1 saturated heterocycles. The Kier molecular flexibility index (Phi) is 6.10. The van der Waals surface area contributed by atoms with Crippen molar-refractivity contribution in [3.8, 4) is 0 Å². The summed E-state index contributed by atoms with van der Waals surface area (Å²) in [4.78, 5) is 38.6. The number of carbonyl (C=O) groups is 3. The quantitative estimate of drug-likeness (QED) is 0.766. The van der Waals surface area contributed by atoms with Gasteiger partial charge >= 0.3 is 5.97 Å². The Morgan fingerprint density at radius 1 is 1.33 bits per heavy atom. The summed E-state index contributed by atoms with van der Waals surface area (Å²) in [6.07, 6.45) is 4.38. The first kappa shape index (κ1) is 19.3. The number of ether oxygens (including phenoxy) is 2. The van der Waals surface area contributed by atoms with E-state index in [4.69, 9.17) is 9.47 Å². The molecule has 0 radical (unpaired) electrons. The molecule has 2 amide bonds. The fraction of sp³-hybridized carbons (Fsp3) is 0.667. The van der Waals surface area contributed by atoms with Gasteiger partial charge in [0.05, 0.1) is 19.4 Å². The molecule has 1 aliphatic heterocycles. The number of morpholine rings is 1. The van der Waals surface area contributed by atoms with Crippen molar-refractivity contribution < 1.29 is 23.9 Å². The van der Waals surface area contributed by atoms with Crippen molar-refractivity contribution >= 4 is 23.6 Å². The minimum Gasteiger partial charge on any atom is -0.462 e. The highest BCUT2D eigenvalue weighted by Crippen LogP contribution is 2.29. The number of hydrogen-bond donors (Lipinski definition) is 1. The lowest BCUT2D eigenvalue weighted by Gasteiger charge is -2.38. The van der Waals surface area contributed by atoms with Crippen molar-refractivity contribution in [2.45, 2.75) is 38.6 Å². The lowest BCUT2D eigenvalue weighted by Crippen LogP contribution is -2.49. The molecule has 2 aliphatic rings. The summed E-state index contributed by atoms with van der Waals surface area (Å²) in [7, 11) is 1.67. The number of esters is 1. The molecule has 0 spiro atoms.